The molecule has 4 heterocycles. The highest BCUT2D eigenvalue weighted by molar-refractivity contribution is 7.81. The zero-order valence-corrected chi connectivity index (χ0v) is 20.1. The lowest BCUT2D eigenvalue weighted by molar-refractivity contribution is 0.182. The fraction of sp³-hybridized carbons (Fsp3) is 0.435. The van der Waals surface area contributed by atoms with Crippen LogP contribution in [0.2, 0.25) is 0 Å². The van der Waals surface area contributed by atoms with Crippen molar-refractivity contribution in [3.63, 3.8) is 0 Å². The second-order valence-corrected chi connectivity index (χ2v) is 10.8. The molecule has 33 heavy (non-hydrogen) atoms. The molecule has 0 aliphatic carbocycles. The van der Waals surface area contributed by atoms with Crippen LogP contribution in [0.15, 0.2) is 45.3 Å². The van der Waals surface area contributed by atoms with E-state index in [0.29, 0.717) is 24.8 Å². The molecular weight excluding hydrogens is 460 g/mol. The molecule has 1 fully saturated rings. The van der Waals surface area contributed by atoms with E-state index in [1.54, 1.807) is 11.8 Å². The molecule has 0 radical (unpaired) electrons. The van der Waals surface area contributed by atoms with E-state index < -0.39 is 11.0 Å². The molecule has 0 amide bonds. The van der Waals surface area contributed by atoms with Crippen LogP contribution < -0.4 is 10.2 Å². The van der Waals surface area contributed by atoms with Crippen LogP contribution in [-0.2, 0) is 30.6 Å². The van der Waals surface area contributed by atoms with E-state index in [9.17, 15) is 9.00 Å². The average Bonchev–Trinajstić information content (AvgIpc) is 3.48. The van der Waals surface area contributed by atoms with E-state index >= 15 is 0 Å². The van der Waals surface area contributed by atoms with Crippen LogP contribution >= 0.6 is 11.3 Å². The summed E-state index contributed by atoms with van der Waals surface area (Å²) in [6.45, 7) is 4.24. The Hall–Kier alpha value is -2.40. The quantitative estimate of drug-likeness (QED) is 0.507. The number of hydrogen-bond acceptors (Lipinski definition) is 8. The van der Waals surface area contributed by atoms with E-state index in [-0.39, 0.29) is 11.2 Å². The summed E-state index contributed by atoms with van der Waals surface area (Å²) >= 11 is 1.53. The number of piperidine rings is 1. The standard InChI is InChI=1S/C23H26N4O4S2/c1-33(29)27-6-4-16(5-7-27)13-31-22-14-30-20(9-21(22)28)12-26-10-18-3-2-17(8-19(18)11-26)23-25-24-15-32-23/h2-3,8-9,14-16H,4-7,10-13H2,1H3. The lowest BCUT2D eigenvalue weighted by Crippen LogP contribution is -2.36. The Morgan fingerprint density at radius 2 is 2.03 bits per heavy atom. The Kier molecular flexibility index (Phi) is 6.68. The lowest BCUT2D eigenvalue weighted by atomic mass is 9.99. The molecule has 0 spiro atoms. The Morgan fingerprint density at radius 1 is 1.21 bits per heavy atom. The minimum atomic E-state index is -0.918. The zero-order chi connectivity index (χ0) is 22.8. The highest BCUT2D eigenvalue weighted by atomic mass is 32.2. The van der Waals surface area contributed by atoms with Crippen LogP contribution in [0.1, 0.15) is 29.7 Å². The summed E-state index contributed by atoms with van der Waals surface area (Å²) in [4.78, 5) is 14.8. The zero-order valence-electron chi connectivity index (χ0n) is 18.4. The van der Waals surface area contributed by atoms with Gasteiger partial charge in [0.25, 0.3) is 0 Å². The van der Waals surface area contributed by atoms with E-state index in [0.717, 1.165) is 49.6 Å². The fourth-order valence-electron chi connectivity index (χ4n) is 4.40. The van der Waals surface area contributed by atoms with Crippen molar-refractivity contribution in [2.75, 3.05) is 26.0 Å². The maximum absolute atomic E-state index is 12.6. The first-order chi connectivity index (χ1) is 16.0. The molecule has 2 aliphatic heterocycles. The minimum Gasteiger partial charge on any atom is -0.486 e. The summed E-state index contributed by atoms with van der Waals surface area (Å²) in [5.74, 6) is 1.24. The third-order valence-electron chi connectivity index (χ3n) is 6.24. The van der Waals surface area contributed by atoms with Crippen molar-refractivity contribution in [3.8, 4) is 16.3 Å². The molecule has 1 saturated heterocycles. The molecule has 174 valence electrons. The molecule has 1 atom stereocenters. The molecule has 1 aromatic carbocycles. The Bertz CT molecular complexity index is 1190. The number of rotatable bonds is 7. The van der Waals surface area contributed by atoms with Crippen molar-refractivity contribution in [2.45, 2.75) is 32.5 Å². The lowest BCUT2D eigenvalue weighted by Gasteiger charge is -2.29. The SMILES string of the molecule is CS(=O)N1CCC(COc2coc(CN3Cc4ccc(-c5nncs5)cc4C3)cc2=O)CC1. The van der Waals surface area contributed by atoms with Crippen LogP contribution in [0.3, 0.4) is 0 Å². The Morgan fingerprint density at radius 3 is 2.76 bits per heavy atom. The summed E-state index contributed by atoms with van der Waals surface area (Å²) in [5, 5.41) is 8.99. The van der Waals surface area contributed by atoms with Gasteiger partial charge in [0, 0.05) is 44.1 Å². The molecule has 0 N–H and O–H groups in total. The van der Waals surface area contributed by atoms with Gasteiger partial charge in [-0.15, -0.1) is 10.2 Å². The summed E-state index contributed by atoms with van der Waals surface area (Å²) in [5.41, 5.74) is 5.22. The van der Waals surface area contributed by atoms with E-state index in [1.807, 2.05) is 4.31 Å². The van der Waals surface area contributed by atoms with Gasteiger partial charge in [0.2, 0.25) is 11.2 Å². The van der Waals surface area contributed by atoms with Crippen LogP contribution in [0.25, 0.3) is 10.6 Å². The fourth-order valence-corrected chi connectivity index (χ4v) is 5.67. The average molecular weight is 487 g/mol. The summed E-state index contributed by atoms with van der Waals surface area (Å²) < 4.78 is 25.0. The van der Waals surface area contributed by atoms with Crippen molar-refractivity contribution >= 4 is 22.3 Å². The maximum atomic E-state index is 12.6. The van der Waals surface area contributed by atoms with Gasteiger partial charge >= 0.3 is 0 Å². The highest BCUT2D eigenvalue weighted by Crippen LogP contribution is 2.30. The second kappa shape index (κ2) is 9.84. The summed E-state index contributed by atoms with van der Waals surface area (Å²) in [6, 6.07) is 7.93. The number of fused-ring (bicyclic) bond motifs is 1. The predicted octanol–water partition coefficient (Wildman–Crippen LogP) is 3.06. The summed E-state index contributed by atoms with van der Waals surface area (Å²) in [7, 11) is -0.918. The van der Waals surface area contributed by atoms with Crippen molar-refractivity contribution in [1.82, 2.24) is 19.4 Å². The number of aromatic nitrogens is 2. The van der Waals surface area contributed by atoms with Crippen LogP contribution in [0.4, 0.5) is 0 Å². The van der Waals surface area contributed by atoms with E-state index in [4.69, 9.17) is 9.15 Å². The topological polar surface area (TPSA) is 88.8 Å². The molecule has 5 rings (SSSR count). The first kappa shape index (κ1) is 22.4. The number of ether oxygens (including phenoxy) is 1. The predicted molar refractivity (Wildman–Crippen MR) is 127 cm³/mol. The summed E-state index contributed by atoms with van der Waals surface area (Å²) in [6.07, 6.45) is 4.98. The normalized spacial score (nSPS) is 18.3. The van der Waals surface area contributed by atoms with Crippen molar-refractivity contribution in [1.29, 1.82) is 0 Å². The van der Waals surface area contributed by atoms with Gasteiger partial charge in [-0.2, -0.15) is 0 Å². The van der Waals surface area contributed by atoms with Crippen LogP contribution in [0.5, 0.6) is 5.75 Å². The first-order valence-electron chi connectivity index (χ1n) is 11.0. The number of hydrogen-bond donors (Lipinski definition) is 0. The second-order valence-electron chi connectivity index (χ2n) is 8.55. The maximum Gasteiger partial charge on any atom is 0.227 e. The third kappa shape index (κ3) is 5.24. The molecule has 0 bridgehead atoms. The monoisotopic (exact) mass is 486 g/mol. The first-order valence-corrected chi connectivity index (χ1v) is 13.4. The molecule has 3 aromatic rings. The largest absolute Gasteiger partial charge is 0.486 e. The molecule has 2 aromatic heterocycles. The van der Waals surface area contributed by atoms with Gasteiger partial charge in [0.15, 0.2) is 0 Å². The Balaban J connectivity index is 1.15. The molecule has 10 heteroatoms. The van der Waals surface area contributed by atoms with Gasteiger partial charge < -0.3 is 9.15 Å². The number of nitrogens with zero attached hydrogens (tertiary/aromatic N) is 4. The van der Waals surface area contributed by atoms with E-state index in [1.165, 1.54) is 34.8 Å². The smallest absolute Gasteiger partial charge is 0.227 e. The highest BCUT2D eigenvalue weighted by Gasteiger charge is 2.23. The van der Waals surface area contributed by atoms with Gasteiger partial charge in [-0.1, -0.05) is 23.5 Å². The van der Waals surface area contributed by atoms with Crippen LogP contribution in [0, 0.1) is 5.92 Å². The van der Waals surface area contributed by atoms with Crippen molar-refractivity contribution < 1.29 is 13.4 Å². The van der Waals surface area contributed by atoms with Gasteiger partial charge in [0.1, 0.15) is 22.5 Å². The third-order valence-corrected chi connectivity index (χ3v) is 8.08. The molecule has 8 nitrogen and oxygen atoms in total. The molecular formula is C23H26N4O4S2. The van der Waals surface area contributed by atoms with Gasteiger partial charge in [0.05, 0.1) is 24.1 Å². The van der Waals surface area contributed by atoms with Crippen LogP contribution in [-0.4, -0.2) is 49.6 Å². The van der Waals surface area contributed by atoms with E-state index in [2.05, 4.69) is 33.3 Å². The molecule has 0 saturated carbocycles. The number of benzene rings is 1. The molecule has 1 unspecified atom stereocenters. The van der Waals surface area contributed by atoms with Gasteiger partial charge in [-0.25, -0.2) is 8.51 Å². The minimum absolute atomic E-state index is 0.154. The van der Waals surface area contributed by atoms with Crippen molar-refractivity contribution in [2.24, 2.45) is 5.92 Å². The molecule has 2 aliphatic rings. The van der Waals surface area contributed by atoms with Gasteiger partial charge in [-0.05, 0) is 36.0 Å². The van der Waals surface area contributed by atoms with Crippen molar-refractivity contribution in [3.05, 3.63) is 63.1 Å². The Labute approximate surface area is 198 Å². The van der Waals surface area contributed by atoms with Gasteiger partial charge in [-0.3, -0.25) is 9.69 Å².